The van der Waals surface area contributed by atoms with Crippen LogP contribution in [-0.2, 0) is 7.05 Å². The normalized spacial score (nSPS) is 12.6. The Morgan fingerprint density at radius 3 is 2.53 bits per heavy atom. The summed E-state index contributed by atoms with van der Waals surface area (Å²) in [6.07, 6.45) is 9.75. The molecule has 1 aromatic heterocycles. The highest BCUT2D eigenvalue weighted by Crippen LogP contribution is 2.21. The number of aliphatic hydroxyl groups excluding tert-OH is 1. The Bertz CT molecular complexity index is 374. The standard InChI is InChI=1S/C16H28N2O/c1-13(16-15(3)17-12-18(16)4)10-8-6-5-7-9-11-14(2)19/h12,14,19H,1,5-11H2,2-4H3. The van der Waals surface area contributed by atoms with E-state index >= 15 is 0 Å². The summed E-state index contributed by atoms with van der Waals surface area (Å²) in [5.74, 6) is 0. The van der Waals surface area contributed by atoms with Crippen LogP contribution in [-0.4, -0.2) is 20.8 Å². The van der Waals surface area contributed by atoms with Crippen LogP contribution in [0.3, 0.4) is 0 Å². The van der Waals surface area contributed by atoms with Gasteiger partial charge in [-0.1, -0.05) is 32.3 Å². The number of hydrogen-bond acceptors (Lipinski definition) is 2. The first kappa shape index (κ1) is 16.0. The van der Waals surface area contributed by atoms with Gasteiger partial charge in [0.15, 0.2) is 0 Å². The number of aromatic nitrogens is 2. The highest BCUT2D eigenvalue weighted by molar-refractivity contribution is 5.62. The molecule has 0 aliphatic rings. The predicted octanol–water partition coefficient (Wildman–Crippen LogP) is 3.85. The number of nitrogens with zero attached hydrogens (tertiary/aromatic N) is 2. The van der Waals surface area contributed by atoms with Crippen LogP contribution in [0.4, 0.5) is 0 Å². The van der Waals surface area contributed by atoms with Gasteiger partial charge in [0.25, 0.3) is 0 Å². The summed E-state index contributed by atoms with van der Waals surface area (Å²) in [7, 11) is 2.02. The van der Waals surface area contributed by atoms with E-state index in [0.717, 1.165) is 25.0 Å². The zero-order valence-electron chi connectivity index (χ0n) is 12.7. The Labute approximate surface area is 117 Å². The van der Waals surface area contributed by atoms with Crippen LogP contribution in [0, 0.1) is 6.92 Å². The third-order valence-corrected chi connectivity index (χ3v) is 3.56. The van der Waals surface area contributed by atoms with Gasteiger partial charge in [0, 0.05) is 7.05 Å². The fourth-order valence-corrected chi connectivity index (χ4v) is 2.48. The fourth-order valence-electron chi connectivity index (χ4n) is 2.48. The number of aryl methyl sites for hydroxylation is 2. The molecule has 1 atom stereocenters. The van der Waals surface area contributed by atoms with Crippen LogP contribution < -0.4 is 0 Å². The molecule has 0 aromatic carbocycles. The van der Waals surface area contributed by atoms with Crippen LogP contribution in [0.25, 0.3) is 5.57 Å². The molecule has 0 aliphatic heterocycles. The molecule has 19 heavy (non-hydrogen) atoms. The molecule has 1 aromatic rings. The Morgan fingerprint density at radius 2 is 1.95 bits per heavy atom. The van der Waals surface area contributed by atoms with Crippen molar-refractivity contribution in [1.29, 1.82) is 0 Å². The molecule has 3 nitrogen and oxygen atoms in total. The average molecular weight is 264 g/mol. The van der Waals surface area contributed by atoms with Gasteiger partial charge in [-0.25, -0.2) is 4.98 Å². The van der Waals surface area contributed by atoms with E-state index in [1.807, 2.05) is 27.2 Å². The maximum absolute atomic E-state index is 9.17. The average Bonchev–Trinajstić information content (AvgIpc) is 2.67. The lowest BCUT2D eigenvalue weighted by molar-refractivity contribution is 0.180. The zero-order chi connectivity index (χ0) is 14.3. The number of unbranched alkanes of at least 4 members (excludes halogenated alkanes) is 4. The maximum atomic E-state index is 9.17. The van der Waals surface area contributed by atoms with Crippen molar-refractivity contribution in [2.45, 2.75) is 64.9 Å². The quantitative estimate of drug-likeness (QED) is 0.688. The van der Waals surface area contributed by atoms with Gasteiger partial charge in [0.2, 0.25) is 0 Å². The number of rotatable bonds is 9. The third kappa shape index (κ3) is 5.60. The van der Waals surface area contributed by atoms with Crippen molar-refractivity contribution in [3.8, 4) is 0 Å². The van der Waals surface area contributed by atoms with E-state index in [9.17, 15) is 0 Å². The van der Waals surface area contributed by atoms with Gasteiger partial charge in [0.05, 0.1) is 23.8 Å². The van der Waals surface area contributed by atoms with E-state index in [4.69, 9.17) is 5.11 Å². The van der Waals surface area contributed by atoms with Crippen molar-refractivity contribution in [3.63, 3.8) is 0 Å². The first-order valence-electron chi connectivity index (χ1n) is 7.36. The van der Waals surface area contributed by atoms with Crippen molar-refractivity contribution >= 4 is 5.57 Å². The highest BCUT2D eigenvalue weighted by atomic mass is 16.3. The number of aliphatic hydroxyl groups is 1. The van der Waals surface area contributed by atoms with E-state index in [1.165, 1.54) is 37.0 Å². The first-order chi connectivity index (χ1) is 9.02. The molecule has 0 saturated carbocycles. The smallest absolute Gasteiger partial charge is 0.0951 e. The fraction of sp³-hybridized carbons (Fsp3) is 0.688. The van der Waals surface area contributed by atoms with Crippen LogP contribution >= 0.6 is 0 Å². The van der Waals surface area contributed by atoms with Crippen LogP contribution in [0.2, 0.25) is 0 Å². The molecule has 1 N–H and O–H groups in total. The molecule has 1 heterocycles. The van der Waals surface area contributed by atoms with E-state index in [1.54, 1.807) is 0 Å². The Kier molecular flexibility index (Phi) is 6.85. The molecule has 0 amide bonds. The second kappa shape index (κ2) is 8.16. The van der Waals surface area contributed by atoms with Gasteiger partial charge in [-0.15, -0.1) is 0 Å². The van der Waals surface area contributed by atoms with E-state index in [2.05, 4.69) is 16.1 Å². The van der Waals surface area contributed by atoms with Crippen LogP contribution in [0.5, 0.6) is 0 Å². The Morgan fingerprint density at radius 1 is 1.32 bits per heavy atom. The summed E-state index contributed by atoms with van der Waals surface area (Å²) in [6, 6.07) is 0. The monoisotopic (exact) mass is 264 g/mol. The molecule has 1 unspecified atom stereocenters. The largest absolute Gasteiger partial charge is 0.393 e. The second-order valence-corrected chi connectivity index (χ2v) is 5.55. The molecular weight excluding hydrogens is 236 g/mol. The maximum Gasteiger partial charge on any atom is 0.0951 e. The molecule has 0 spiro atoms. The van der Waals surface area contributed by atoms with Gasteiger partial charge >= 0.3 is 0 Å². The molecule has 0 saturated heterocycles. The molecule has 0 fully saturated rings. The summed E-state index contributed by atoms with van der Waals surface area (Å²) in [6.45, 7) is 8.08. The number of hydrogen-bond donors (Lipinski definition) is 1. The van der Waals surface area contributed by atoms with Gasteiger partial charge in [-0.2, -0.15) is 0 Å². The SMILES string of the molecule is C=C(CCCCCCCC(C)O)c1c(C)ncn1C. The van der Waals surface area contributed by atoms with Crippen molar-refractivity contribution < 1.29 is 5.11 Å². The lowest BCUT2D eigenvalue weighted by atomic mass is 10.0. The molecule has 3 heteroatoms. The molecule has 0 aliphatic carbocycles. The van der Waals surface area contributed by atoms with E-state index < -0.39 is 0 Å². The topological polar surface area (TPSA) is 38.1 Å². The van der Waals surface area contributed by atoms with Crippen molar-refractivity contribution in [1.82, 2.24) is 9.55 Å². The van der Waals surface area contributed by atoms with Crippen molar-refractivity contribution in [2.75, 3.05) is 0 Å². The highest BCUT2D eigenvalue weighted by Gasteiger charge is 2.08. The van der Waals surface area contributed by atoms with Crippen LogP contribution in [0.15, 0.2) is 12.9 Å². The van der Waals surface area contributed by atoms with Crippen molar-refractivity contribution in [3.05, 3.63) is 24.3 Å². The minimum absolute atomic E-state index is 0.146. The van der Waals surface area contributed by atoms with Gasteiger partial charge in [-0.3, -0.25) is 0 Å². The third-order valence-electron chi connectivity index (χ3n) is 3.56. The van der Waals surface area contributed by atoms with E-state index in [0.29, 0.717) is 0 Å². The summed E-state index contributed by atoms with van der Waals surface area (Å²) in [5.41, 5.74) is 3.46. The lowest BCUT2D eigenvalue weighted by Gasteiger charge is -2.08. The molecular formula is C16H28N2O. The van der Waals surface area contributed by atoms with Gasteiger partial charge in [0.1, 0.15) is 0 Å². The van der Waals surface area contributed by atoms with Gasteiger partial charge in [-0.05, 0) is 38.7 Å². The molecule has 0 radical (unpaired) electrons. The number of imidazole rings is 1. The van der Waals surface area contributed by atoms with E-state index in [-0.39, 0.29) is 6.10 Å². The zero-order valence-corrected chi connectivity index (χ0v) is 12.7. The molecule has 108 valence electrons. The van der Waals surface area contributed by atoms with Crippen molar-refractivity contribution in [2.24, 2.45) is 7.05 Å². The molecule has 0 bridgehead atoms. The summed E-state index contributed by atoms with van der Waals surface area (Å²) < 4.78 is 2.06. The summed E-state index contributed by atoms with van der Waals surface area (Å²) in [5, 5.41) is 9.17. The Hall–Kier alpha value is -1.09. The summed E-state index contributed by atoms with van der Waals surface area (Å²) in [4.78, 5) is 4.30. The summed E-state index contributed by atoms with van der Waals surface area (Å²) >= 11 is 0. The molecule has 1 rings (SSSR count). The first-order valence-corrected chi connectivity index (χ1v) is 7.36. The van der Waals surface area contributed by atoms with Crippen LogP contribution in [0.1, 0.15) is 63.3 Å². The minimum atomic E-state index is -0.146. The number of allylic oxidation sites excluding steroid dienone is 1. The van der Waals surface area contributed by atoms with Gasteiger partial charge < -0.3 is 9.67 Å². The second-order valence-electron chi connectivity index (χ2n) is 5.55. The lowest BCUT2D eigenvalue weighted by Crippen LogP contribution is -1.98. The Balaban J connectivity index is 2.15. The minimum Gasteiger partial charge on any atom is -0.393 e. The predicted molar refractivity (Wildman–Crippen MR) is 81.0 cm³/mol.